The molecule has 2 atom stereocenters. The van der Waals surface area contributed by atoms with Gasteiger partial charge in [0, 0.05) is 18.2 Å². The van der Waals surface area contributed by atoms with Gasteiger partial charge in [-0.05, 0) is 39.2 Å². The first-order valence-electron chi connectivity index (χ1n) is 6.47. The molecule has 1 N–H and O–H groups in total. The van der Waals surface area contributed by atoms with Gasteiger partial charge in [0.25, 0.3) is 0 Å². The van der Waals surface area contributed by atoms with Gasteiger partial charge in [-0.3, -0.25) is 0 Å². The van der Waals surface area contributed by atoms with E-state index in [1.807, 2.05) is 6.92 Å². The highest BCUT2D eigenvalue weighted by Crippen LogP contribution is 2.31. The smallest absolute Gasteiger partial charge is 0.150 e. The third kappa shape index (κ3) is 4.92. The minimum atomic E-state index is -3.06. The molecule has 0 aliphatic carbocycles. The molecule has 1 saturated heterocycles. The quantitative estimate of drug-likeness (QED) is 0.798. The normalized spacial score (nSPS) is 25.5. The Balaban J connectivity index is 2.48. The maximum absolute atomic E-state index is 14.4. The van der Waals surface area contributed by atoms with Crippen molar-refractivity contribution in [2.75, 3.05) is 24.6 Å². The van der Waals surface area contributed by atoms with Gasteiger partial charge < -0.3 is 5.32 Å². The third-order valence-corrected chi connectivity index (χ3v) is 5.42. The molecule has 17 heavy (non-hydrogen) atoms. The van der Waals surface area contributed by atoms with E-state index >= 15 is 0 Å². The number of hydrogen-bond acceptors (Lipinski definition) is 3. The maximum Gasteiger partial charge on any atom is 0.150 e. The van der Waals surface area contributed by atoms with Crippen molar-refractivity contribution in [1.82, 2.24) is 5.32 Å². The van der Waals surface area contributed by atoms with Crippen LogP contribution < -0.4 is 5.32 Å². The molecule has 0 radical (unpaired) electrons. The van der Waals surface area contributed by atoms with Crippen LogP contribution in [0, 0.1) is 5.92 Å². The van der Waals surface area contributed by atoms with Crippen LogP contribution in [0.5, 0.6) is 0 Å². The fourth-order valence-corrected chi connectivity index (χ4v) is 3.87. The predicted octanol–water partition coefficient (Wildman–Crippen LogP) is 1.93. The number of sulfone groups is 1. The summed E-state index contributed by atoms with van der Waals surface area (Å²) in [5, 5.41) is 3.17. The van der Waals surface area contributed by atoms with E-state index in [4.69, 9.17) is 0 Å². The molecule has 1 aliphatic heterocycles. The second-order valence-electron chi connectivity index (χ2n) is 5.22. The second-order valence-corrected chi connectivity index (χ2v) is 7.53. The monoisotopic (exact) mass is 265 g/mol. The predicted molar refractivity (Wildman–Crippen MR) is 68.7 cm³/mol. The van der Waals surface area contributed by atoms with Crippen molar-refractivity contribution in [2.24, 2.45) is 5.92 Å². The fourth-order valence-electron chi connectivity index (χ4n) is 2.34. The molecular formula is C12H24FNO2S. The molecule has 1 rings (SSSR count). The highest BCUT2D eigenvalue weighted by Gasteiger charge is 2.35. The van der Waals surface area contributed by atoms with Crippen molar-refractivity contribution in [2.45, 2.75) is 45.2 Å². The van der Waals surface area contributed by atoms with Gasteiger partial charge in [-0.15, -0.1) is 0 Å². The number of alkyl halides is 1. The van der Waals surface area contributed by atoms with Gasteiger partial charge in [0.1, 0.15) is 15.5 Å². The Morgan fingerprint density at radius 1 is 1.41 bits per heavy atom. The van der Waals surface area contributed by atoms with Crippen LogP contribution in [0.4, 0.5) is 4.39 Å². The summed E-state index contributed by atoms with van der Waals surface area (Å²) in [4.78, 5) is 0. The van der Waals surface area contributed by atoms with E-state index in [0.29, 0.717) is 13.0 Å². The van der Waals surface area contributed by atoms with E-state index in [1.54, 1.807) is 6.92 Å². The maximum atomic E-state index is 14.4. The molecule has 0 aromatic carbocycles. The van der Waals surface area contributed by atoms with E-state index in [0.717, 1.165) is 19.4 Å². The van der Waals surface area contributed by atoms with Crippen LogP contribution in [0.1, 0.15) is 39.5 Å². The van der Waals surface area contributed by atoms with Gasteiger partial charge in [0.05, 0.1) is 5.75 Å². The SMILES string of the molecule is CCCS(=O)(=O)CCC(C)(F)C1CCCNC1. The minimum Gasteiger partial charge on any atom is -0.316 e. The van der Waals surface area contributed by atoms with Gasteiger partial charge in [-0.1, -0.05) is 6.92 Å². The summed E-state index contributed by atoms with van der Waals surface area (Å²) in [6, 6.07) is 0. The lowest BCUT2D eigenvalue weighted by atomic mass is 9.83. The van der Waals surface area contributed by atoms with Gasteiger partial charge in [0.2, 0.25) is 0 Å². The zero-order valence-electron chi connectivity index (χ0n) is 10.8. The summed E-state index contributed by atoms with van der Waals surface area (Å²) < 4.78 is 37.6. The molecule has 1 heterocycles. The number of hydrogen-bond donors (Lipinski definition) is 1. The molecule has 3 nitrogen and oxygen atoms in total. The molecule has 2 unspecified atom stereocenters. The Morgan fingerprint density at radius 2 is 2.12 bits per heavy atom. The van der Waals surface area contributed by atoms with Gasteiger partial charge in [0.15, 0.2) is 0 Å². The summed E-state index contributed by atoms with van der Waals surface area (Å²) in [5.41, 5.74) is -1.37. The van der Waals surface area contributed by atoms with Crippen molar-refractivity contribution >= 4 is 9.84 Å². The second kappa shape index (κ2) is 6.14. The van der Waals surface area contributed by atoms with Crippen molar-refractivity contribution in [3.8, 4) is 0 Å². The zero-order valence-corrected chi connectivity index (χ0v) is 11.7. The Bertz CT molecular complexity index is 321. The van der Waals surface area contributed by atoms with Crippen LogP contribution in [0.2, 0.25) is 0 Å². The molecule has 1 fully saturated rings. The third-order valence-electron chi connectivity index (χ3n) is 3.57. The Kier molecular flexibility index (Phi) is 5.38. The number of halogens is 1. The lowest BCUT2D eigenvalue weighted by Gasteiger charge is -2.33. The van der Waals surface area contributed by atoms with E-state index in [1.165, 1.54) is 0 Å². The average Bonchev–Trinajstić information content (AvgIpc) is 2.28. The van der Waals surface area contributed by atoms with Crippen LogP contribution in [-0.2, 0) is 9.84 Å². The Morgan fingerprint density at radius 3 is 2.65 bits per heavy atom. The van der Waals surface area contributed by atoms with Crippen molar-refractivity contribution in [3.05, 3.63) is 0 Å². The highest BCUT2D eigenvalue weighted by atomic mass is 32.2. The van der Waals surface area contributed by atoms with E-state index in [2.05, 4.69) is 5.32 Å². The summed E-state index contributed by atoms with van der Waals surface area (Å²) in [6.45, 7) is 4.99. The highest BCUT2D eigenvalue weighted by molar-refractivity contribution is 7.91. The van der Waals surface area contributed by atoms with Crippen LogP contribution >= 0.6 is 0 Å². The topological polar surface area (TPSA) is 46.2 Å². The molecule has 0 spiro atoms. The molecule has 0 saturated carbocycles. The fraction of sp³-hybridized carbons (Fsp3) is 1.00. The molecule has 0 aromatic heterocycles. The van der Waals surface area contributed by atoms with Crippen LogP contribution in [-0.4, -0.2) is 38.7 Å². The standard InChI is InChI=1S/C12H24FNO2S/c1-3-8-17(15,16)9-6-12(2,13)11-5-4-7-14-10-11/h11,14H,3-10H2,1-2H3. The van der Waals surface area contributed by atoms with Crippen LogP contribution in [0.15, 0.2) is 0 Å². The number of piperidine rings is 1. The molecule has 0 amide bonds. The first kappa shape index (κ1) is 14.9. The number of nitrogens with one attached hydrogen (secondary N) is 1. The van der Waals surface area contributed by atoms with E-state index in [9.17, 15) is 12.8 Å². The van der Waals surface area contributed by atoms with E-state index in [-0.39, 0.29) is 23.8 Å². The molecular weight excluding hydrogens is 241 g/mol. The molecule has 0 bridgehead atoms. The Labute approximate surface area is 104 Å². The van der Waals surface area contributed by atoms with Gasteiger partial charge in [-0.25, -0.2) is 12.8 Å². The van der Waals surface area contributed by atoms with Gasteiger partial charge in [-0.2, -0.15) is 0 Å². The largest absolute Gasteiger partial charge is 0.316 e. The number of rotatable bonds is 6. The molecule has 0 aromatic rings. The summed E-state index contributed by atoms with van der Waals surface area (Å²) in [5.74, 6) is 0.101. The average molecular weight is 265 g/mol. The lowest BCUT2D eigenvalue weighted by Crippen LogP contribution is -2.42. The molecule has 5 heteroatoms. The van der Waals surface area contributed by atoms with Crippen molar-refractivity contribution < 1.29 is 12.8 Å². The van der Waals surface area contributed by atoms with Crippen LogP contribution in [0.25, 0.3) is 0 Å². The van der Waals surface area contributed by atoms with Crippen molar-refractivity contribution in [1.29, 1.82) is 0 Å². The summed E-state index contributed by atoms with van der Waals surface area (Å²) in [6.07, 6.45) is 2.57. The minimum absolute atomic E-state index is 0.0235. The first-order chi connectivity index (χ1) is 7.87. The lowest BCUT2D eigenvalue weighted by molar-refractivity contribution is 0.0797. The van der Waals surface area contributed by atoms with Crippen LogP contribution in [0.3, 0.4) is 0 Å². The molecule has 1 aliphatic rings. The van der Waals surface area contributed by atoms with E-state index < -0.39 is 15.5 Å². The van der Waals surface area contributed by atoms with Gasteiger partial charge >= 0.3 is 0 Å². The summed E-state index contributed by atoms with van der Waals surface area (Å²) >= 11 is 0. The molecule has 102 valence electrons. The first-order valence-corrected chi connectivity index (χ1v) is 8.29. The zero-order chi connectivity index (χ0) is 12.9. The van der Waals surface area contributed by atoms with Crippen molar-refractivity contribution in [3.63, 3.8) is 0 Å². The Hall–Kier alpha value is -0.160. The summed E-state index contributed by atoms with van der Waals surface area (Å²) in [7, 11) is -3.06.